The van der Waals surface area contributed by atoms with Crippen LogP contribution in [0.3, 0.4) is 0 Å². The van der Waals surface area contributed by atoms with Gasteiger partial charge < -0.3 is 14.4 Å². The van der Waals surface area contributed by atoms with Gasteiger partial charge in [-0.1, -0.05) is 37.5 Å². The Kier molecular flexibility index (Phi) is 7.28. The number of hydrogen-bond donors (Lipinski definition) is 0. The summed E-state index contributed by atoms with van der Waals surface area (Å²) in [5, 5.41) is 2.12. The maximum Gasteiger partial charge on any atom is 0.331 e. The number of nitrogens with zero attached hydrogens (tertiary/aromatic N) is 1. The van der Waals surface area contributed by atoms with E-state index in [1.807, 2.05) is 48.2 Å². The molecule has 29 heavy (non-hydrogen) atoms. The number of fused-ring (bicyclic) bond motifs is 1. The van der Waals surface area contributed by atoms with Gasteiger partial charge in [0, 0.05) is 18.7 Å². The van der Waals surface area contributed by atoms with Gasteiger partial charge >= 0.3 is 5.97 Å². The number of carbonyl (C=O) groups is 2. The van der Waals surface area contributed by atoms with Crippen LogP contribution in [0.25, 0.3) is 16.8 Å². The summed E-state index contributed by atoms with van der Waals surface area (Å²) >= 11 is 0. The standard InChI is InChI=1S/C24H29NO4/c1-3-25(21-7-5-4-6-8-21)23(26)17-29-24(27)14-10-18-9-11-20-16-22(28-2)13-12-19(20)15-18/h9-16,21H,3-8,17H2,1-2H3/b14-10+. The minimum Gasteiger partial charge on any atom is -0.497 e. The van der Waals surface area contributed by atoms with E-state index in [0.717, 1.165) is 47.8 Å². The Hall–Kier alpha value is -2.82. The molecule has 0 heterocycles. The molecule has 1 saturated carbocycles. The van der Waals surface area contributed by atoms with E-state index in [9.17, 15) is 9.59 Å². The minimum atomic E-state index is -0.507. The highest BCUT2D eigenvalue weighted by molar-refractivity contribution is 5.91. The van der Waals surface area contributed by atoms with Crippen molar-refractivity contribution in [3.8, 4) is 5.75 Å². The van der Waals surface area contributed by atoms with E-state index in [1.165, 1.54) is 12.5 Å². The van der Waals surface area contributed by atoms with Gasteiger partial charge in [0.25, 0.3) is 5.91 Å². The molecule has 1 amide bonds. The summed E-state index contributed by atoms with van der Waals surface area (Å²) in [5.74, 6) is 0.192. The zero-order valence-corrected chi connectivity index (χ0v) is 17.2. The van der Waals surface area contributed by atoms with E-state index in [4.69, 9.17) is 9.47 Å². The molecule has 5 nitrogen and oxygen atoms in total. The first-order chi connectivity index (χ1) is 14.1. The van der Waals surface area contributed by atoms with Crippen LogP contribution in [0.1, 0.15) is 44.6 Å². The van der Waals surface area contributed by atoms with E-state index in [1.54, 1.807) is 13.2 Å². The highest BCUT2D eigenvalue weighted by Gasteiger charge is 2.24. The Morgan fingerprint density at radius 1 is 1.07 bits per heavy atom. The molecule has 154 valence electrons. The van der Waals surface area contributed by atoms with Crippen molar-refractivity contribution in [1.29, 1.82) is 0 Å². The summed E-state index contributed by atoms with van der Waals surface area (Å²) in [4.78, 5) is 26.4. The zero-order valence-electron chi connectivity index (χ0n) is 17.2. The first kappa shape index (κ1) is 20.9. The first-order valence-corrected chi connectivity index (χ1v) is 10.3. The molecule has 1 aliphatic rings. The third-order valence-electron chi connectivity index (χ3n) is 5.50. The van der Waals surface area contributed by atoms with Gasteiger partial charge in [0.2, 0.25) is 0 Å². The molecule has 1 fully saturated rings. The second-order valence-corrected chi connectivity index (χ2v) is 7.39. The van der Waals surface area contributed by atoms with Crippen molar-refractivity contribution < 1.29 is 19.1 Å². The van der Waals surface area contributed by atoms with Gasteiger partial charge in [0.05, 0.1) is 7.11 Å². The van der Waals surface area contributed by atoms with Gasteiger partial charge in [0.15, 0.2) is 6.61 Å². The molecule has 0 bridgehead atoms. The molecule has 3 rings (SSSR count). The van der Waals surface area contributed by atoms with Crippen LogP contribution in [-0.2, 0) is 14.3 Å². The fourth-order valence-electron chi connectivity index (χ4n) is 3.93. The van der Waals surface area contributed by atoms with Crippen LogP contribution in [0, 0.1) is 0 Å². The molecular formula is C24H29NO4. The predicted octanol–water partition coefficient (Wildman–Crippen LogP) is 4.59. The van der Waals surface area contributed by atoms with Gasteiger partial charge in [-0.3, -0.25) is 4.79 Å². The van der Waals surface area contributed by atoms with Crippen LogP contribution in [0.4, 0.5) is 0 Å². The third-order valence-corrected chi connectivity index (χ3v) is 5.50. The maximum absolute atomic E-state index is 12.5. The molecule has 0 N–H and O–H groups in total. The summed E-state index contributed by atoms with van der Waals surface area (Å²) in [6, 6.07) is 12.0. The predicted molar refractivity (Wildman–Crippen MR) is 115 cm³/mol. The van der Waals surface area contributed by atoms with Crippen LogP contribution >= 0.6 is 0 Å². The summed E-state index contributed by atoms with van der Waals surface area (Å²) in [6.07, 6.45) is 8.72. The number of amides is 1. The lowest BCUT2D eigenvalue weighted by atomic mass is 9.94. The van der Waals surface area contributed by atoms with Gasteiger partial charge in [-0.15, -0.1) is 0 Å². The van der Waals surface area contributed by atoms with Crippen molar-refractivity contribution >= 4 is 28.7 Å². The molecule has 0 atom stereocenters. The number of rotatable bonds is 7. The zero-order chi connectivity index (χ0) is 20.6. The quantitative estimate of drug-likeness (QED) is 0.508. The molecule has 0 aromatic heterocycles. The van der Waals surface area contributed by atoms with Crippen LogP contribution in [0.5, 0.6) is 5.75 Å². The highest BCUT2D eigenvalue weighted by atomic mass is 16.5. The van der Waals surface area contributed by atoms with Crippen molar-refractivity contribution in [3.05, 3.63) is 48.0 Å². The average Bonchev–Trinajstić information content (AvgIpc) is 2.77. The smallest absolute Gasteiger partial charge is 0.331 e. The fourth-order valence-corrected chi connectivity index (χ4v) is 3.93. The second kappa shape index (κ2) is 10.1. The van der Waals surface area contributed by atoms with Crippen LogP contribution in [0.15, 0.2) is 42.5 Å². The van der Waals surface area contributed by atoms with Crippen molar-refractivity contribution in [1.82, 2.24) is 4.90 Å². The fraction of sp³-hybridized carbons (Fsp3) is 0.417. The molecule has 0 spiro atoms. The number of carbonyl (C=O) groups excluding carboxylic acids is 2. The van der Waals surface area contributed by atoms with E-state index in [2.05, 4.69) is 0 Å². The van der Waals surface area contributed by atoms with E-state index >= 15 is 0 Å². The van der Waals surface area contributed by atoms with Crippen LogP contribution in [-0.4, -0.2) is 43.1 Å². The van der Waals surface area contributed by atoms with Crippen molar-refractivity contribution in [2.45, 2.75) is 45.1 Å². The second-order valence-electron chi connectivity index (χ2n) is 7.39. The van der Waals surface area contributed by atoms with Gasteiger partial charge in [-0.05, 0) is 60.4 Å². The minimum absolute atomic E-state index is 0.110. The van der Waals surface area contributed by atoms with Crippen molar-refractivity contribution in [2.75, 3.05) is 20.3 Å². The number of methoxy groups -OCH3 is 1. The molecule has 0 radical (unpaired) electrons. The highest BCUT2D eigenvalue weighted by Crippen LogP contribution is 2.23. The average molecular weight is 395 g/mol. The lowest BCUT2D eigenvalue weighted by molar-refractivity contribution is -0.149. The summed E-state index contributed by atoms with van der Waals surface area (Å²) in [6.45, 7) is 2.42. The molecule has 1 aliphatic carbocycles. The number of likely N-dealkylation sites (N-methyl/N-ethyl adjacent to an activating group) is 1. The Morgan fingerprint density at radius 3 is 2.52 bits per heavy atom. The Labute approximate surface area is 172 Å². The Bertz CT molecular complexity index is 884. The van der Waals surface area contributed by atoms with Crippen molar-refractivity contribution in [3.63, 3.8) is 0 Å². The Morgan fingerprint density at radius 2 is 1.79 bits per heavy atom. The summed E-state index contributed by atoms with van der Waals surface area (Å²) < 4.78 is 10.4. The largest absolute Gasteiger partial charge is 0.497 e. The molecule has 0 saturated heterocycles. The number of esters is 1. The molecule has 0 aliphatic heterocycles. The number of benzene rings is 2. The first-order valence-electron chi connectivity index (χ1n) is 10.3. The van der Waals surface area contributed by atoms with Gasteiger partial charge in [-0.25, -0.2) is 4.79 Å². The van der Waals surface area contributed by atoms with Gasteiger partial charge in [0.1, 0.15) is 5.75 Å². The Balaban J connectivity index is 1.55. The summed E-state index contributed by atoms with van der Waals surface area (Å²) in [5.41, 5.74) is 0.892. The van der Waals surface area contributed by atoms with Crippen molar-refractivity contribution in [2.24, 2.45) is 0 Å². The normalized spacial score (nSPS) is 14.8. The maximum atomic E-state index is 12.5. The third kappa shape index (κ3) is 5.59. The topological polar surface area (TPSA) is 55.8 Å². The molecule has 0 unspecified atom stereocenters. The summed E-state index contributed by atoms with van der Waals surface area (Å²) in [7, 11) is 1.64. The molecule has 2 aromatic rings. The van der Waals surface area contributed by atoms with Crippen LogP contribution in [0.2, 0.25) is 0 Å². The lowest BCUT2D eigenvalue weighted by Crippen LogP contribution is -2.43. The van der Waals surface area contributed by atoms with Gasteiger partial charge in [-0.2, -0.15) is 0 Å². The lowest BCUT2D eigenvalue weighted by Gasteiger charge is -2.33. The molecule has 2 aromatic carbocycles. The van der Waals surface area contributed by atoms with E-state index in [0.29, 0.717) is 6.54 Å². The number of ether oxygens (including phenoxy) is 2. The number of hydrogen-bond acceptors (Lipinski definition) is 4. The van der Waals surface area contributed by atoms with E-state index in [-0.39, 0.29) is 18.6 Å². The monoisotopic (exact) mass is 395 g/mol. The molecular weight excluding hydrogens is 366 g/mol. The van der Waals surface area contributed by atoms with Crippen LogP contribution < -0.4 is 4.74 Å². The SMILES string of the molecule is CCN(C(=O)COC(=O)/C=C/c1ccc2cc(OC)ccc2c1)C1CCCCC1. The van der Waals surface area contributed by atoms with E-state index < -0.39 is 5.97 Å². The molecule has 5 heteroatoms.